The molecular formula is C29H36. The van der Waals surface area contributed by atoms with Crippen LogP contribution in [0.1, 0.15) is 64.2 Å². The minimum Gasteiger partial charge on any atom is -0.0882 e. The second-order valence-electron chi connectivity index (χ2n) is 11.5. The average Bonchev–Trinajstić information content (AvgIpc) is 3.07. The number of rotatable bonds is 0. The van der Waals surface area contributed by atoms with E-state index in [2.05, 4.69) is 60.8 Å². The van der Waals surface area contributed by atoms with E-state index in [-0.39, 0.29) is 0 Å². The molecule has 4 saturated carbocycles. The zero-order valence-corrected chi connectivity index (χ0v) is 17.8. The molecule has 0 heteroatoms. The molecule has 4 fully saturated rings. The van der Waals surface area contributed by atoms with Gasteiger partial charge < -0.3 is 0 Å². The highest BCUT2D eigenvalue weighted by Gasteiger charge is 2.77. The van der Waals surface area contributed by atoms with Crippen LogP contribution in [0.25, 0.3) is 0 Å². The molecule has 0 bridgehead atoms. The molecule has 0 N–H and O–H groups in total. The summed E-state index contributed by atoms with van der Waals surface area (Å²) in [4.78, 5) is 0. The van der Waals surface area contributed by atoms with Crippen molar-refractivity contribution in [2.75, 3.05) is 0 Å². The van der Waals surface area contributed by atoms with Gasteiger partial charge in [-0.1, -0.05) is 80.0 Å². The van der Waals surface area contributed by atoms with Crippen molar-refractivity contribution in [2.45, 2.75) is 64.2 Å². The molecule has 0 saturated heterocycles. The molecule has 3 spiro atoms. The summed E-state index contributed by atoms with van der Waals surface area (Å²) in [7, 11) is 0. The van der Waals surface area contributed by atoms with Gasteiger partial charge in [0.15, 0.2) is 0 Å². The molecule has 0 aromatic carbocycles. The Morgan fingerprint density at radius 3 is 2.55 bits per heavy atom. The third kappa shape index (κ3) is 1.82. The first kappa shape index (κ1) is 17.4. The molecule has 7 aliphatic rings. The Kier molecular flexibility index (Phi) is 3.53. The molecule has 9 atom stereocenters. The summed E-state index contributed by atoms with van der Waals surface area (Å²) >= 11 is 0. The van der Waals surface area contributed by atoms with Crippen LogP contribution in [-0.2, 0) is 0 Å². The smallest absolute Gasteiger partial charge is 0.0112 e. The van der Waals surface area contributed by atoms with E-state index in [9.17, 15) is 0 Å². The van der Waals surface area contributed by atoms with Gasteiger partial charge in [0.2, 0.25) is 0 Å². The van der Waals surface area contributed by atoms with Gasteiger partial charge in [-0.3, -0.25) is 0 Å². The lowest BCUT2D eigenvalue weighted by atomic mass is 9.33. The van der Waals surface area contributed by atoms with Crippen molar-refractivity contribution < 1.29 is 0 Å². The van der Waals surface area contributed by atoms with Gasteiger partial charge in [0.05, 0.1) is 0 Å². The monoisotopic (exact) mass is 384 g/mol. The van der Waals surface area contributed by atoms with Crippen molar-refractivity contribution in [1.29, 1.82) is 0 Å². The van der Waals surface area contributed by atoms with Crippen molar-refractivity contribution in [3.63, 3.8) is 0 Å². The van der Waals surface area contributed by atoms with Crippen LogP contribution in [0.5, 0.6) is 0 Å². The number of hydrogen-bond donors (Lipinski definition) is 0. The van der Waals surface area contributed by atoms with Gasteiger partial charge in [-0.25, -0.2) is 0 Å². The van der Waals surface area contributed by atoms with Crippen molar-refractivity contribution in [2.24, 2.45) is 51.8 Å². The molecule has 0 nitrogen and oxygen atoms in total. The van der Waals surface area contributed by atoms with E-state index in [1.165, 1.54) is 64.2 Å². The molecule has 152 valence electrons. The second-order valence-corrected chi connectivity index (χ2v) is 11.5. The highest BCUT2D eigenvalue weighted by molar-refractivity contribution is 5.44. The van der Waals surface area contributed by atoms with Crippen LogP contribution < -0.4 is 0 Å². The van der Waals surface area contributed by atoms with E-state index in [0.717, 1.165) is 35.5 Å². The lowest BCUT2D eigenvalue weighted by Gasteiger charge is -2.70. The Balaban J connectivity index is 1.53. The summed E-state index contributed by atoms with van der Waals surface area (Å²) in [5, 5.41) is 0. The summed E-state index contributed by atoms with van der Waals surface area (Å²) < 4.78 is 0. The molecule has 0 heterocycles. The fraction of sp³-hybridized carbons (Fsp3) is 0.655. The zero-order valence-electron chi connectivity index (χ0n) is 17.8. The van der Waals surface area contributed by atoms with Gasteiger partial charge >= 0.3 is 0 Å². The van der Waals surface area contributed by atoms with E-state index in [0.29, 0.717) is 16.2 Å². The fourth-order valence-corrected chi connectivity index (χ4v) is 10.7. The summed E-state index contributed by atoms with van der Waals surface area (Å²) in [6.45, 7) is 0. The van der Waals surface area contributed by atoms with Gasteiger partial charge in [-0.2, -0.15) is 0 Å². The summed E-state index contributed by atoms with van der Waals surface area (Å²) in [6.07, 6.45) is 40.4. The first-order valence-corrected chi connectivity index (χ1v) is 12.7. The van der Waals surface area contributed by atoms with Gasteiger partial charge in [0.25, 0.3) is 0 Å². The predicted octanol–water partition coefficient (Wildman–Crippen LogP) is 7.42. The number of fused-ring (bicyclic) bond motifs is 3. The minimum atomic E-state index is 0.347. The molecule has 7 aliphatic carbocycles. The van der Waals surface area contributed by atoms with Crippen LogP contribution >= 0.6 is 0 Å². The second kappa shape index (κ2) is 5.89. The predicted molar refractivity (Wildman–Crippen MR) is 120 cm³/mol. The van der Waals surface area contributed by atoms with Gasteiger partial charge in [-0.15, -0.1) is 0 Å². The maximum atomic E-state index is 2.82. The SMILES string of the molecule is C1=CC2CCCC3CC4C5CCCCC5C5C=CCCC56C=CC=CC46C23C=C1. The maximum absolute atomic E-state index is 2.82. The zero-order chi connectivity index (χ0) is 19.1. The first-order valence-electron chi connectivity index (χ1n) is 12.7. The highest BCUT2D eigenvalue weighted by Crippen LogP contribution is 2.82. The minimum absolute atomic E-state index is 0.347. The van der Waals surface area contributed by atoms with Crippen LogP contribution in [0.3, 0.4) is 0 Å². The van der Waals surface area contributed by atoms with Crippen LogP contribution in [-0.4, -0.2) is 0 Å². The molecule has 9 unspecified atom stereocenters. The van der Waals surface area contributed by atoms with E-state index < -0.39 is 0 Å². The van der Waals surface area contributed by atoms with Crippen molar-refractivity contribution in [3.05, 3.63) is 60.8 Å². The van der Waals surface area contributed by atoms with Crippen LogP contribution in [0, 0.1) is 51.8 Å². The Morgan fingerprint density at radius 1 is 0.724 bits per heavy atom. The fourth-order valence-electron chi connectivity index (χ4n) is 10.7. The summed E-state index contributed by atoms with van der Waals surface area (Å²) in [6, 6.07) is 0. The Labute approximate surface area is 176 Å². The third-order valence-electron chi connectivity index (χ3n) is 11.2. The number of hydrogen-bond acceptors (Lipinski definition) is 0. The van der Waals surface area contributed by atoms with Crippen LogP contribution in [0.15, 0.2) is 60.8 Å². The molecule has 29 heavy (non-hydrogen) atoms. The molecule has 0 aromatic rings. The molecule has 0 aromatic heterocycles. The van der Waals surface area contributed by atoms with E-state index in [1.54, 1.807) is 0 Å². The highest BCUT2D eigenvalue weighted by atomic mass is 14.8. The standard InChI is InChI=1S/C29H36/c1-2-14-24-23(13-1)25-15-4-5-16-27(25)17-7-8-19-29(27)26(24)20-22-12-9-11-21-10-3-6-18-28(21,22)29/h3-4,6-8,10,15,17-19,21-26H,1-2,5,9,11-14,16,20H2. The van der Waals surface area contributed by atoms with Crippen LogP contribution in [0.4, 0.5) is 0 Å². The van der Waals surface area contributed by atoms with Gasteiger partial charge in [-0.05, 0) is 80.5 Å². The van der Waals surface area contributed by atoms with Crippen LogP contribution in [0.2, 0.25) is 0 Å². The summed E-state index contributed by atoms with van der Waals surface area (Å²) in [5.74, 6) is 5.23. The van der Waals surface area contributed by atoms with Gasteiger partial charge in [0, 0.05) is 16.2 Å². The Morgan fingerprint density at radius 2 is 1.59 bits per heavy atom. The van der Waals surface area contributed by atoms with E-state index in [1.807, 2.05) is 0 Å². The molecule has 7 rings (SSSR count). The Bertz CT molecular complexity index is 853. The molecule has 0 amide bonds. The van der Waals surface area contributed by atoms with Gasteiger partial charge in [0.1, 0.15) is 0 Å². The van der Waals surface area contributed by atoms with Crippen molar-refractivity contribution in [1.82, 2.24) is 0 Å². The Hall–Kier alpha value is -1.30. The van der Waals surface area contributed by atoms with Crippen molar-refractivity contribution in [3.8, 4) is 0 Å². The maximum Gasteiger partial charge on any atom is 0.0112 e. The topological polar surface area (TPSA) is 0 Å². The molecular weight excluding hydrogens is 348 g/mol. The molecule has 0 radical (unpaired) electrons. The summed E-state index contributed by atoms with van der Waals surface area (Å²) in [5.41, 5.74) is 1.08. The van der Waals surface area contributed by atoms with Crippen molar-refractivity contribution >= 4 is 0 Å². The largest absolute Gasteiger partial charge is 0.0882 e. The van der Waals surface area contributed by atoms with E-state index in [4.69, 9.17) is 0 Å². The number of allylic oxidation sites excluding steroid dienone is 10. The lowest BCUT2D eigenvalue weighted by Crippen LogP contribution is -2.65. The quantitative estimate of drug-likeness (QED) is 0.381. The average molecular weight is 385 g/mol. The van der Waals surface area contributed by atoms with E-state index >= 15 is 0 Å². The first-order chi connectivity index (χ1) is 14.3. The lowest BCUT2D eigenvalue weighted by molar-refractivity contribution is -0.156. The molecule has 0 aliphatic heterocycles. The normalized spacial score (nSPS) is 56.0. The third-order valence-corrected chi connectivity index (χ3v) is 11.2.